The third-order valence-corrected chi connectivity index (χ3v) is 9.47. The maximum Gasteiger partial charge on any atom is 0.494 e. The lowest BCUT2D eigenvalue weighted by molar-refractivity contribution is 0.00578. The number of nitrogens with one attached hydrogen (secondary N) is 1. The van der Waals surface area contributed by atoms with Gasteiger partial charge in [-0.2, -0.15) is 0 Å². The molecule has 2 aromatic rings. The van der Waals surface area contributed by atoms with Gasteiger partial charge in [-0.15, -0.1) is 0 Å². The molecule has 1 N–H and O–H groups in total. The maximum absolute atomic E-state index is 12.9. The van der Waals surface area contributed by atoms with Gasteiger partial charge in [0, 0.05) is 0 Å². The van der Waals surface area contributed by atoms with Crippen molar-refractivity contribution in [1.82, 2.24) is 14.9 Å². The fourth-order valence-corrected chi connectivity index (χ4v) is 6.70. The molecule has 166 valence electrons. The smallest absolute Gasteiger partial charge is 0.443 e. The quantitative estimate of drug-likeness (QED) is 0.356. The van der Waals surface area contributed by atoms with Crippen LogP contribution in [0.4, 0.5) is 4.79 Å². The first kappa shape index (κ1) is 21.4. The van der Waals surface area contributed by atoms with Gasteiger partial charge in [0.25, 0.3) is 0 Å². The number of carbonyl (C=O) groups is 1. The minimum Gasteiger partial charge on any atom is -0.443 e. The van der Waals surface area contributed by atoms with E-state index in [1.807, 2.05) is 43.9 Å². The first-order valence-corrected chi connectivity index (χ1v) is 13.0. The highest BCUT2D eigenvalue weighted by Gasteiger charge is 2.52. The first-order chi connectivity index (χ1) is 14.3. The molecular formula is C22H29BIN3O4. The van der Waals surface area contributed by atoms with Gasteiger partial charge in [-0.25, -0.2) is 9.78 Å². The van der Waals surface area contributed by atoms with Gasteiger partial charge in [-0.05, 0) is 72.5 Å². The highest BCUT2D eigenvalue weighted by molar-refractivity contribution is 14.2. The fourth-order valence-electron chi connectivity index (χ4n) is 3.99. The molecule has 0 unspecified atom stereocenters. The highest BCUT2D eigenvalue weighted by Crippen LogP contribution is 2.50. The molecule has 2 fully saturated rings. The van der Waals surface area contributed by atoms with Crippen LogP contribution in [0.15, 0.2) is 18.2 Å². The van der Waals surface area contributed by atoms with Gasteiger partial charge in [0.2, 0.25) is 0 Å². The second-order valence-corrected chi connectivity index (χ2v) is 13.7. The second kappa shape index (κ2) is 6.77. The van der Waals surface area contributed by atoms with Crippen molar-refractivity contribution in [3.8, 4) is 0 Å². The summed E-state index contributed by atoms with van der Waals surface area (Å²) in [4.78, 5) is 23.0. The van der Waals surface area contributed by atoms with Gasteiger partial charge in [-0.3, -0.25) is 4.90 Å². The summed E-state index contributed by atoms with van der Waals surface area (Å²) in [6, 6.07) is 5.95. The number of H-pyrrole nitrogens is 1. The number of benzene rings is 1. The first-order valence-electron chi connectivity index (χ1n) is 10.7. The Kier molecular flexibility index (Phi) is 4.67. The zero-order valence-electron chi connectivity index (χ0n) is 19.1. The van der Waals surface area contributed by atoms with E-state index in [-0.39, 0.29) is 44.1 Å². The van der Waals surface area contributed by atoms with Crippen molar-refractivity contribution in [2.24, 2.45) is 0 Å². The van der Waals surface area contributed by atoms with Crippen LogP contribution in [-0.4, -0.2) is 52.4 Å². The molecule has 0 radical (unpaired) electrons. The average Bonchev–Trinajstić information content (AvgIpc) is 3.02. The Morgan fingerprint density at radius 1 is 1.26 bits per heavy atom. The van der Waals surface area contributed by atoms with E-state index in [0.29, 0.717) is 3.92 Å². The van der Waals surface area contributed by atoms with Crippen LogP contribution in [0, 0.1) is 0 Å². The van der Waals surface area contributed by atoms with Crippen molar-refractivity contribution in [3.05, 3.63) is 24.0 Å². The topological polar surface area (TPSA) is 76.7 Å². The number of hydrogen-bond donors (Lipinski definition) is 1. The molecule has 2 saturated heterocycles. The second-order valence-electron chi connectivity index (χ2n) is 10.5. The molecule has 5 rings (SSSR count). The van der Waals surface area contributed by atoms with Crippen LogP contribution in [0.25, 0.3) is 11.0 Å². The number of imidazole rings is 1. The predicted octanol–water partition coefficient (Wildman–Crippen LogP) is 4.03. The van der Waals surface area contributed by atoms with E-state index in [0.717, 1.165) is 28.7 Å². The molecule has 4 heterocycles. The van der Waals surface area contributed by atoms with Crippen LogP contribution in [0.1, 0.15) is 66.8 Å². The molecular weight excluding hydrogens is 508 g/mol. The number of amides is 1. The van der Waals surface area contributed by atoms with Gasteiger partial charge in [0.05, 0.1) is 35.8 Å². The van der Waals surface area contributed by atoms with Crippen molar-refractivity contribution >= 4 is 54.1 Å². The number of carbonyl (C=O) groups excluding carboxylic acids is 1. The SMILES string of the molecule is CC(C)(C)OC(=O)N1C2=I[C@@H]2C[C@H]1c1nc2ccc(B3OC(C)(C)C(C)(C)O3)cc2[nH]1. The molecule has 0 saturated carbocycles. The Morgan fingerprint density at radius 2 is 1.94 bits per heavy atom. The molecule has 3 aliphatic rings. The van der Waals surface area contributed by atoms with Crippen molar-refractivity contribution in [2.45, 2.75) is 81.7 Å². The average molecular weight is 537 g/mol. The summed E-state index contributed by atoms with van der Waals surface area (Å²) in [7, 11) is -0.418. The van der Waals surface area contributed by atoms with Gasteiger partial charge in [-0.1, -0.05) is 26.8 Å². The number of aromatic amines is 1. The van der Waals surface area contributed by atoms with Crippen LogP contribution in [-0.2, 0) is 14.0 Å². The zero-order chi connectivity index (χ0) is 22.3. The lowest BCUT2D eigenvalue weighted by Crippen LogP contribution is -2.41. The molecule has 2 atom stereocenters. The Balaban J connectivity index is 1.42. The number of ether oxygens (including phenoxy) is 1. The summed E-state index contributed by atoms with van der Waals surface area (Å²) >= 11 is -0.0257. The Bertz CT molecular complexity index is 1090. The summed E-state index contributed by atoms with van der Waals surface area (Å²) in [5, 5.41) is 0. The van der Waals surface area contributed by atoms with Crippen LogP contribution < -0.4 is 5.46 Å². The van der Waals surface area contributed by atoms with E-state index in [2.05, 4.69) is 32.7 Å². The number of alkyl halides is 1. The van der Waals surface area contributed by atoms with Crippen LogP contribution in [0.2, 0.25) is 0 Å². The highest BCUT2D eigenvalue weighted by atomic mass is 127. The number of likely N-dealkylation sites (tertiary alicyclic amines) is 1. The largest absolute Gasteiger partial charge is 0.494 e. The van der Waals surface area contributed by atoms with E-state index in [1.165, 1.54) is 3.63 Å². The van der Waals surface area contributed by atoms with E-state index >= 15 is 0 Å². The molecule has 3 aliphatic heterocycles. The molecule has 0 aliphatic carbocycles. The maximum atomic E-state index is 12.9. The van der Waals surface area contributed by atoms with Crippen molar-refractivity contribution in [2.75, 3.05) is 0 Å². The Labute approximate surface area is 193 Å². The van der Waals surface area contributed by atoms with Gasteiger partial charge in [0.15, 0.2) is 0 Å². The number of halogens is 1. The molecule has 1 aromatic heterocycles. The van der Waals surface area contributed by atoms with Crippen molar-refractivity contribution in [3.63, 3.8) is 0 Å². The molecule has 1 aromatic carbocycles. The molecule has 0 bridgehead atoms. The van der Waals surface area contributed by atoms with E-state index in [9.17, 15) is 4.79 Å². The molecule has 0 spiro atoms. The molecule has 7 nitrogen and oxygen atoms in total. The minimum atomic E-state index is -0.515. The fraction of sp³-hybridized carbons (Fsp3) is 0.591. The number of fused-ring (bicyclic) bond motifs is 2. The monoisotopic (exact) mass is 537 g/mol. The van der Waals surface area contributed by atoms with Gasteiger partial charge >= 0.3 is 13.2 Å². The predicted molar refractivity (Wildman–Crippen MR) is 130 cm³/mol. The van der Waals surface area contributed by atoms with Gasteiger partial charge < -0.3 is 19.0 Å². The lowest BCUT2D eigenvalue weighted by atomic mass is 9.79. The number of aromatic nitrogens is 2. The summed E-state index contributed by atoms with van der Waals surface area (Å²) < 4.78 is 19.9. The van der Waals surface area contributed by atoms with Crippen LogP contribution in [0.3, 0.4) is 0 Å². The number of rotatable bonds is 2. The van der Waals surface area contributed by atoms with E-state index in [1.54, 1.807) is 0 Å². The van der Waals surface area contributed by atoms with Crippen LogP contribution >= 0.6 is 20.7 Å². The minimum absolute atomic E-state index is 0.0257. The summed E-state index contributed by atoms with van der Waals surface area (Å²) in [5.74, 6) is 0.815. The zero-order valence-corrected chi connectivity index (χ0v) is 21.2. The Hall–Kier alpha value is -1.46. The standard InChI is InChI=1S/C22H29BIN3O4/c1-20(2,3)29-19(28)27-16(11-13-17(27)24-13)18-25-14-9-8-12(10-15(14)26-18)23-30-21(4,5)22(6,7)31-23/h8-10,13,16H,11H2,1-7H3,(H,25,26)/t13-,16+/m1/s1. The molecule has 1 amide bonds. The Morgan fingerprint density at radius 3 is 2.58 bits per heavy atom. The molecule has 9 heteroatoms. The van der Waals surface area contributed by atoms with E-state index in [4.69, 9.17) is 19.0 Å². The van der Waals surface area contributed by atoms with Crippen molar-refractivity contribution in [1.29, 1.82) is 0 Å². The van der Waals surface area contributed by atoms with Crippen LogP contribution in [0.5, 0.6) is 0 Å². The molecule has 31 heavy (non-hydrogen) atoms. The normalized spacial score (nSPS) is 26.5. The number of nitrogens with zero attached hydrogens (tertiary/aromatic N) is 2. The van der Waals surface area contributed by atoms with Gasteiger partial charge in [0.1, 0.15) is 11.4 Å². The summed E-state index contributed by atoms with van der Waals surface area (Å²) in [5.41, 5.74) is 1.47. The third-order valence-electron chi connectivity index (χ3n) is 6.38. The van der Waals surface area contributed by atoms with E-state index < -0.39 is 12.7 Å². The summed E-state index contributed by atoms with van der Waals surface area (Å²) in [6.07, 6.45) is 0.678. The van der Waals surface area contributed by atoms with Crippen molar-refractivity contribution < 1.29 is 18.8 Å². The lowest BCUT2D eigenvalue weighted by Gasteiger charge is -2.32. The third kappa shape index (κ3) is 3.72. The number of hydrogen-bond acceptors (Lipinski definition) is 5. The summed E-state index contributed by atoms with van der Waals surface area (Å²) in [6.45, 7) is 13.9.